The van der Waals surface area contributed by atoms with Gasteiger partial charge in [0.05, 0.1) is 18.5 Å². The van der Waals surface area contributed by atoms with Crippen LogP contribution in [0.25, 0.3) is 0 Å². The van der Waals surface area contributed by atoms with E-state index < -0.39 is 5.97 Å². The molecule has 1 aliphatic rings. The van der Waals surface area contributed by atoms with Crippen LogP contribution in [0.3, 0.4) is 0 Å². The van der Waals surface area contributed by atoms with Crippen LogP contribution in [-0.4, -0.2) is 54.0 Å². The predicted molar refractivity (Wildman–Crippen MR) is 87.8 cm³/mol. The van der Waals surface area contributed by atoms with E-state index >= 15 is 0 Å². The standard InChI is InChI=1S/C17H33N3O2/c1-4-6-9-17(3,8-5-2)16-19(11-7-15(21)22)13-14-20(16)12-10-18/h4-14,18H2,1-3H3. The molecule has 0 fully saturated rings. The second-order valence-electron chi connectivity index (χ2n) is 6.62. The Balaban J connectivity index is 3.03. The van der Waals surface area contributed by atoms with Crippen LogP contribution in [0.2, 0.25) is 0 Å². The van der Waals surface area contributed by atoms with E-state index in [1.54, 1.807) is 0 Å². The fourth-order valence-electron chi connectivity index (χ4n) is 3.70. The Morgan fingerprint density at radius 1 is 1.36 bits per heavy atom. The molecule has 0 bridgehead atoms. The maximum Gasteiger partial charge on any atom is 0.253 e. The normalized spacial score (nSPS) is 17.9. The predicted octanol–water partition coefficient (Wildman–Crippen LogP) is 0.808. The smallest absolute Gasteiger partial charge is 0.253 e. The van der Waals surface area contributed by atoms with E-state index in [9.17, 15) is 9.90 Å². The van der Waals surface area contributed by atoms with Crippen molar-refractivity contribution in [3.63, 3.8) is 0 Å². The SMILES string of the molecule is CCCCC(C)(CCC)C1=[N+](CCN)CCN1CCC(=O)[O-]. The first-order chi connectivity index (χ1) is 10.5. The number of carbonyl (C=O) groups is 1. The molecule has 128 valence electrons. The van der Waals surface area contributed by atoms with Gasteiger partial charge in [-0.3, -0.25) is 9.48 Å². The van der Waals surface area contributed by atoms with E-state index in [1.807, 2.05) is 0 Å². The van der Waals surface area contributed by atoms with Gasteiger partial charge in [0, 0.05) is 18.9 Å². The fourth-order valence-corrected chi connectivity index (χ4v) is 3.70. The van der Waals surface area contributed by atoms with E-state index in [2.05, 4.69) is 30.2 Å². The molecule has 2 N–H and O–H groups in total. The molecule has 0 saturated carbocycles. The number of aliphatic carboxylic acids is 1. The highest BCUT2D eigenvalue weighted by atomic mass is 16.4. The molecular formula is C17H33N3O2. The molecule has 0 amide bonds. The lowest BCUT2D eigenvalue weighted by Gasteiger charge is -2.31. The molecule has 0 radical (unpaired) electrons. The molecule has 0 saturated heterocycles. The van der Waals surface area contributed by atoms with Crippen LogP contribution >= 0.6 is 0 Å². The zero-order chi connectivity index (χ0) is 16.6. The summed E-state index contributed by atoms with van der Waals surface area (Å²) in [5.74, 6) is 0.344. The summed E-state index contributed by atoms with van der Waals surface area (Å²) in [5.41, 5.74) is 5.89. The second-order valence-corrected chi connectivity index (χ2v) is 6.62. The number of hydrogen-bond acceptors (Lipinski definition) is 4. The van der Waals surface area contributed by atoms with E-state index in [1.165, 1.54) is 18.7 Å². The first-order valence-electron chi connectivity index (χ1n) is 8.75. The largest absolute Gasteiger partial charge is 0.550 e. The van der Waals surface area contributed by atoms with Crippen LogP contribution in [0.4, 0.5) is 0 Å². The van der Waals surface area contributed by atoms with Gasteiger partial charge < -0.3 is 15.6 Å². The molecule has 0 aromatic rings. The minimum atomic E-state index is -0.970. The lowest BCUT2D eigenvalue weighted by molar-refractivity contribution is -0.519. The Labute approximate surface area is 135 Å². The average molecular weight is 311 g/mol. The van der Waals surface area contributed by atoms with E-state index in [4.69, 9.17) is 5.73 Å². The molecule has 1 heterocycles. The van der Waals surface area contributed by atoms with Crippen molar-refractivity contribution >= 4 is 11.8 Å². The van der Waals surface area contributed by atoms with Gasteiger partial charge in [0.1, 0.15) is 13.1 Å². The zero-order valence-corrected chi connectivity index (χ0v) is 14.6. The van der Waals surface area contributed by atoms with Crippen LogP contribution in [0, 0.1) is 5.41 Å². The number of hydrogen-bond donors (Lipinski definition) is 1. The van der Waals surface area contributed by atoms with Crippen molar-refractivity contribution in [3.8, 4) is 0 Å². The minimum absolute atomic E-state index is 0.0932. The second kappa shape index (κ2) is 9.13. The highest BCUT2D eigenvalue weighted by Crippen LogP contribution is 2.34. The van der Waals surface area contributed by atoms with Gasteiger partial charge in [-0.25, -0.2) is 0 Å². The first-order valence-corrected chi connectivity index (χ1v) is 8.75. The van der Waals surface area contributed by atoms with Crippen LogP contribution in [-0.2, 0) is 4.79 Å². The summed E-state index contributed by atoms with van der Waals surface area (Å²) in [6.07, 6.45) is 5.89. The molecule has 5 heteroatoms. The summed E-state index contributed by atoms with van der Waals surface area (Å²) in [5, 5.41) is 10.8. The number of rotatable bonds is 11. The number of carboxylic acid groups (broad SMARTS) is 1. The molecule has 0 aromatic carbocycles. The van der Waals surface area contributed by atoms with Gasteiger partial charge in [-0.1, -0.05) is 33.1 Å². The highest BCUT2D eigenvalue weighted by Gasteiger charge is 2.43. The number of nitrogens with zero attached hydrogens (tertiary/aromatic N) is 2. The molecule has 0 aromatic heterocycles. The lowest BCUT2D eigenvalue weighted by Crippen LogP contribution is -2.45. The highest BCUT2D eigenvalue weighted by molar-refractivity contribution is 5.84. The van der Waals surface area contributed by atoms with Crippen molar-refractivity contribution in [1.82, 2.24) is 4.90 Å². The molecule has 0 aliphatic carbocycles. The Kier molecular flexibility index (Phi) is 7.87. The Morgan fingerprint density at radius 3 is 2.64 bits per heavy atom. The van der Waals surface area contributed by atoms with Crippen LogP contribution < -0.4 is 10.8 Å². The third-order valence-electron chi connectivity index (χ3n) is 4.65. The van der Waals surface area contributed by atoms with Crippen LogP contribution in [0.5, 0.6) is 0 Å². The molecule has 5 nitrogen and oxygen atoms in total. The van der Waals surface area contributed by atoms with Crippen LogP contribution in [0.15, 0.2) is 0 Å². The van der Waals surface area contributed by atoms with Gasteiger partial charge in [-0.2, -0.15) is 0 Å². The first kappa shape index (κ1) is 18.9. The molecule has 1 unspecified atom stereocenters. The Bertz CT molecular complexity index is 395. The van der Waals surface area contributed by atoms with E-state index in [0.29, 0.717) is 13.1 Å². The van der Waals surface area contributed by atoms with Gasteiger partial charge in [0.15, 0.2) is 0 Å². The van der Waals surface area contributed by atoms with Crippen LogP contribution in [0.1, 0.15) is 59.3 Å². The van der Waals surface area contributed by atoms with Crippen molar-refractivity contribution < 1.29 is 14.5 Å². The lowest BCUT2D eigenvalue weighted by atomic mass is 9.78. The third kappa shape index (κ3) is 4.97. The van der Waals surface area contributed by atoms with Gasteiger partial charge in [0.25, 0.3) is 5.84 Å². The van der Waals surface area contributed by atoms with Crippen molar-refractivity contribution in [2.45, 2.75) is 59.3 Å². The van der Waals surface area contributed by atoms with Crippen molar-refractivity contribution in [2.75, 3.05) is 32.7 Å². The summed E-state index contributed by atoms with van der Waals surface area (Å²) >= 11 is 0. The molecule has 0 spiro atoms. The Hall–Kier alpha value is -1.10. The quantitative estimate of drug-likeness (QED) is 0.573. The molecule has 1 rings (SSSR count). The third-order valence-corrected chi connectivity index (χ3v) is 4.65. The maximum atomic E-state index is 10.8. The van der Waals surface area contributed by atoms with E-state index in [0.717, 1.165) is 38.9 Å². The van der Waals surface area contributed by atoms with Crippen molar-refractivity contribution in [2.24, 2.45) is 11.1 Å². The fraction of sp³-hybridized carbons (Fsp3) is 0.882. The molecular weight excluding hydrogens is 278 g/mol. The monoisotopic (exact) mass is 311 g/mol. The van der Waals surface area contributed by atoms with Gasteiger partial charge in [-0.15, -0.1) is 0 Å². The number of amidine groups is 1. The summed E-state index contributed by atoms with van der Waals surface area (Å²) in [7, 11) is 0. The summed E-state index contributed by atoms with van der Waals surface area (Å²) < 4.78 is 2.38. The average Bonchev–Trinajstić information content (AvgIpc) is 2.87. The minimum Gasteiger partial charge on any atom is -0.550 e. The summed E-state index contributed by atoms with van der Waals surface area (Å²) in [6, 6.07) is 0. The topological polar surface area (TPSA) is 72.4 Å². The maximum absolute atomic E-state index is 10.8. The van der Waals surface area contributed by atoms with Gasteiger partial charge >= 0.3 is 0 Å². The number of unbranched alkanes of at least 4 members (excludes halogenated alkanes) is 1. The number of nitrogens with two attached hydrogens (primary N) is 1. The van der Waals surface area contributed by atoms with Crippen molar-refractivity contribution in [3.05, 3.63) is 0 Å². The summed E-state index contributed by atoms with van der Waals surface area (Å²) in [4.78, 5) is 13.1. The van der Waals surface area contributed by atoms with E-state index in [-0.39, 0.29) is 11.8 Å². The zero-order valence-electron chi connectivity index (χ0n) is 14.6. The molecule has 1 aliphatic heterocycles. The molecule has 1 atom stereocenters. The van der Waals surface area contributed by atoms with Crippen molar-refractivity contribution in [1.29, 1.82) is 0 Å². The number of carboxylic acids is 1. The molecule has 22 heavy (non-hydrogen) atoms. The van der Waals surface area contributed by atoms with Gasteiger partial charge in [0.2, 0.25) is 0 Å². The summed E-state index contributed by atoms with van der Waals surface area (Å²) in [6.45, 7) is 10.7. The Morgan fingerprint density at radius 2 is 2.09 bits per heavy atom. The van der Waals surface area contributed by atoms with Gasteiger partial charge in [-0.05, 0) is 19.8 Å². The number of carbonyl (C=O) groups excluding carboxylic acids is 1.